The number of H-pyrrole nitrogens is 1. The topological polar surface area (TPSA) is 101 Å². The third kappa shape index (κ3) is 5.50. The number of hydrogen-bond donors (Lipinski definition) is 2. The summed E-state index contributed by atoms with van der Waals surface area (Å²) < 4.78 is 31.0. The van der Waals surface area contributed by atoms with E-state index in [0.717, 1.165) is 80.8 Å². The van der Waals surface area contributed by atoms with Gasteiger partial charge in [-0.3, -0.25) is 9.78 Å². The van der Waals surface area contributed by atoms with Crippen LogP contribution in [-0.4, -0.2) is 48.8 Å². The number of nitrogens with one attached hydrogen (secondary N) is 2. The van der Waals surface area contributed by atoms with Crippen molar-refractivity contribution in [2.75, 3.05) is 13.2 Å². The molecule has 8 heteroatoms. The van der Waals surface area contributed by atoms with E-state index >= 15 is 0 Å². The molecule has 3 aromatic rings. The lowest BCUT2D eigenvalue weighted by Gasteiger charge is -2.27. The second kappa shape index (κ2) is 10.1. The van der Waals surface area contributed by atoms with Crippen molar-refractivity contribution in [3.05, 3.63) is 71.5 Å². The zero-order valence-electron chi connectivity index (χ0n) is 20.9. The fraction of sp³-hybridized carbons (Fsp3) is 0.448. The van der Waals surface area contributed by atoms with Gasteiger partial charge in [0.15, 0.2) is 9.84 Å². The Morgan fingerprint density at radius 3 is 2.38 bits per heavy atom. The van der Waals surface area contributed by atoms with E-state index in [9.17, 15) is 13.2 Å². The molecule has 37 heavy (non-hydrogen) atoms. The SMILES string of the molecule is O=C(NC1CC1)c1ccc(-c2ccc(C(CC3CCOCC3)c3ccc(S(=O)(=O)C4CC4)cc3)[nH]2)nc1. The Morgan fingerprint density at radius 1 is 0.973 bits per heavy atom. The van der Waals surface area contributed by atoms with Crippen LogP contribution in [0.5, 0.6) is 0 Å². The number of amides is 1. The molecular formula is C29H33N3O4S. The standard InChI is InChI=1S/C29H33N3O4S/c33-29(31-22-4-5-22)21-3-10-27(30-18-21)28-12-11-26(32-28)25(17-19-13-15-36-16-14-19)20-1-6-23(7-2-20)37(34,35)24-8-9-24/h1-3,6-7,10-12,18-19,22,24-25,32H,4-5,8-9,13-17H2,(H,31,33). The molecular weight excluding hydrogens is 486 g/mol. The number of aromatic nitrogens is 2. The van der Waals surface area contributed by atoms with Crippen LogP contribution in [-0.2, 0) is 14.6 Å². The van der Waals surface area contributed by atoms with E-state index in [4.69, 9.17) is 4.74 Å². The van der Waals surface area contributed by atoms with Crippen molar-refractivity contribution in [1.82, 2.24) is 15.3 Å². The summed E-state index contributed by atoms with van der Waals surface area (Å²) in [4.78, 5) is 20.8. The Kier molecular flexibility index (Phi) is 6.63. The summed E-state index contributed by atoms with van der Waals surface area (Å²) in [6.45, 7) is 1.58. The molecule has 0 spiro atoms. The molecule has 2 aromatic heterocycles. The average Bonchev–Trinajstić information content (AvgIpc) is 3.87. The van der Waals surface area contributed by atoms with Gasteiger partial charge in [0, 0.05) is 37.1 Å². The first kappa shape index (κ1) is 24.4. The average molecular weight is 520 g/mol. The highest BCUT2D eigenvalue weighted by Gasteiger charge is 2.37. The van der Waals surface area contributed by atoms with Crippen LogP contribution in [0.4, 0.5) is 0 Å². The van der Waals surface area contributed by atoms with Gasteiger partial charge >= 0.3 is 0 Å². The van der Waals surface area contributed by atoms with E-state index in [-0.39, 0.29) is 17.1 Å². The predicted molar refractivity (Wildman–Crippen MR) is 141 cm³/mol. The number of sulfone groups is 1. The maximum atomic E-state index is 12.7. The lowest BCUT2D eigenvalue weighted by molar-refractivity contribution is 0.0626. The Morgan fingerprint density at radius 2 is 1.73 bits per heavy atom. The van der Waals surface area contributed by atoms with Gasteiger partial charge in [0.1, 0.15) is 0 Å². The minimum Gasteiger partial charge on any atom is -0.381 e. The second-order valence-corrected chi connectivity index (χ2v) is 12.9. The molecule has 2 aliphatic carbocycles. The van der Waals surface area contributed by atoms with Crippen molar-refractivity contribution in [3.8, 4) is 11.4 Å². The smallest absolute Gasteiger partial charge is 0.253 e. The van der Waals surface area contributed by atoms with Crippen LogP contribution in [0.1, 0.15) is 72.5 Å². The van der Waals surface area contributed by atoms with Gasteiger partial charge in [-0.15, -0.1) is 0 Å². The molecule has 1 atom stereocenters. The fourth-order valence-corrected chi connectivity index (χ4v) is 6.82. The molecule has 1 aromatic carbocycles. The van der Waals surface area contributed by atoms with Crippen molar-refractivity contribution < 1.29 is 17.9 Å². The van der Waals surface area contributed by atoms with Crippen molar-refractivity contribution in [1.29, 1.82) is 0 Å². The molecule has 1 saturated heterocycles. The van der Waals surface area contributed by atoms with E-state index in [2.05, 4.69) is 21.4 Å². The first-order valence-electron chi connectivity index (χ1n) is 13.3. The summed E-state index contributed by atoms with van der Waals surface area (Å²) in [5.74, 6) is 0.582. The number of pyridine rings is 1. The molecule has 0 radical (unpaired) electrons. The molecule has 7 nitrogen and oxygen atoms in total. The van der Waals surface area contributed by atoms with Crippen molar-refractivity contribution in [2.24, 2.45) is 5.92 Å². The molecule has 6 rings (SSSR count). The van der Waals surface area contributed by atoms with E-state index in [0.29, 0.717) is 22.4 Å². The fourth-order valence-electron chi connectivity index (χ4n) is 5.17. The summed E-state index contributed by atoms with van der Waals surface area (Å²) in [6, 6.07) is 15.6. The van der Waals surface area contributed by atoms with E-state index in [1.807, 2.05) is 30.3 Å². The summed E-state index contributed by atoms with van der Waals surface area (Å²) in [5.41, 5.74) is 4.44. The maximum Gasteiger partial charge on any atom is 0.253 e. The lowest BCUT2D eigenvalue weighted by Crippen LogP contribution is -2.25. The monoisotopic (exact) mass is 519 g/mol. The summed E-state index contributed by atoms with van der Waals surface area (Å²) in [5, 5.41) is 2.79. The number of ether oxygens (including phenoxy) is 1. The van der Waals surface area contributed by atoms with Gasteiger partial charge in [-0.2, -0.15) is 0 Å². The van der Waals surface area contributed by atoms with Gasteiger partial charge in [0.05, 0.1) is 27.1 Å². The van der Waals surface area contributed by atoms with Gasteiger partial charge in [-0.05, 0) is 92.8 Å². The van der Waals surface area contributed by atoms with Crippen LogP contribution in [0.2, 0.25) is 0 Å². The highest BCUT2D eigenvalue weighted by molar-refractivity contribution is 7.92. The van der Waals surface area contributed by atoms with Crippen molar-refractivity contribution in [3.63, 3.8) is 0 Å². The van der Waals surface area contributed by atoms with Crippen molar-refractivity contribution in [2.45, 2.75) is 67.1 Å². The van der Waals surface area contributed by atoms with E-state index in [1.165, 1.54) is 0 Å². The van der Waals surface area contributed by atoms with Gasteiger partial charge in [-0.25, -0.2) is 8.42 Å². The van der Waals surface area contributed by atoms with Crippen LogP contribution < -0.4 is 5.32 Å². The zero-order valence-corrected chi connectivity index (χ0v) is 21.7. The molecule has 2 N–H and O–H groups in total. The van der Waals surface area contributed by atoms with Crippen LogP contribution in [0.3, 0.4) is 0 Å². The summed E-state index contributed by atoms with van der Waals surface area (Å²) in [6.07, 6.45) is 8.29. The number of hydrogen-bond acceptors (Lipinski definition) is 5. The van der Waals surface area contributed by atoms with Crippen molar-refractivity contribution >= 4 is 15.7 Å². The number of nitrogens with zero attached hydrogens (tertiary/aromatic N) is 1. The largest absolute Gasteiger partial charge is 0.381 e. The van der Waals surface area contributed by atoms with Gasteiger partial charge in [-0.1, -0.05) is 12.1 Å². The lowest BCUT2D eigenvalue weighted by atomic mass is 9.83. The minimum absolute atomic E-state index is 0.0719. The molecule has 3 aliphatic rings. The molecule has 1 unspecified atom stereocenters. The van der Waals surface area contributed by atoms with Crippen LogP contribution >= 0.6 is 0 Å². The first-order valence-corrected chi connectivity index (χ1v) is 14.9. The van der Waals surface area contributed by atoms with Gasteiger partial charge in [0.2, 0.25) is 0 Å². The maximum absolute atomic E-state index is 12.7. The van der Waals surface area contributed by atoms with E-state index in [1.54, 1.807) is 18.3 Å². The van der Waals surface area contributed by atoms with E-state index < -0.39 is 9.84 Å². The molecule has 1 amide bonds. The third-order valence-corrected chi connectivity index (χ3v) is 10.1. The number of carbonyl (C=O) groups is 1. The number of rotatable bonds is 9. The molecule has 3 heterocycles. The molecule has 0 bridgehead atoms. The highest BCUT2D eigenvalue weighted by Crippen LogP contribution is 2.37. The number of carbonyl (C=O) groups excluding carboxylic acids is 1. The Bertz CT molecular complexity index is 1350. The van der Waals surface area contributed by atoms with Gasteiger partial charge < -0.3 is 15.0 Å². The Hall–Kier alpha value is -2.97. The molecule has 194 valence electrons. The minimum atomic E-state index is -3.21. The zero-order chi connectivity index (χ0) is 25.4. The van der Waals surface area contributed by atoms with Crippen LogP contribution in [0, 0.1) is 5.92 Å². The van der Waals surface area contributed by atoms with Crippen LogP contribution in [0.25, 0.3) is 11.4 Å². The second-order valence-electron chi connectivity index (χ2n) is 10.7. The number of benzene rings is 1. The Balaban J connectivity index is 1.24. The molecule has 3 fully saturated rings. The first-order chi connectivity index (χ1) is 18.0. The van der Waals surface area contributed by atoms with Crippen LogP contribution in [0.15, 0.2) is 59.6 Å². The molecule has 2 saturated carbocycles. The normalized spacial score (nSPS) is 19.5. The highest BCUT2D eigenvalue weighted by atomic mass is 32.2. The third-order valence-electron chi connectivity index (χ3n) is 7.78. The quantitative estimate of drug-likeness (QED) is 0.421. The number of aromatic amines is 1. The summed E-state index contributed by atoms with van der Waals surface area (Å²) in [7, 11) is -3.21. The van der Waals surface area contributed by atoms with Gasteiger partial charge in [0.25, 0.3) is 5.91 Å². The summed E-state index contributed by atoms with van der Waals surface area (Å²) >= 11 is 0. The molecule has 1 aliphatic heterocycles. The Labute approximate surface area is 218 Å². The predicted octanol–water partition coefficient (Wildman–Crippen LogP) is 4.85.